The molecule has 1 aliphatic carbocycles. The highest BCUT2D eigenvalue weighted by atomic mass is 32.1. The highest BCUT2D eigenvalue weighted by molar-refractivity contribution is 7.13. The van der Waals surface area contributed by atoms with Gasteiger partial charge in [-0.05, 0) is 56.0 Å². The Balaban J connectivity index is 1.32. The third-order valence-electron chi connectivity index (χ3n) is 9.37. The highest BCUT2D eigenvalue weighted by Crippen LogP contribution is 2.38. The molecule has 2 aliphatic rings. The van der Waals surface area contributed by atoms with Crippen molar-refractivity contribution in [3.63, 3.8) is 0 Å². The molecule has 10 nitrogen and oxygen atoms in total. The van der Waals surface area contributed by atoms with Crippen LogP contribution in [0.4, 0.5) is 0 Å². The van der Waals surface area contributed by atoms with Crippen molar-refractivity contribution in [3.05, 3.63) is 64.7 Å². The van der Waals surface area contributed by atoms with Crippen LogP contribution in [0.1, 0.15) is 75.1 Å². The van der Waals surface area contributed by atoms with E-state index in [1.165, 1.54) is 16.2 Å². The third-order valence-corrected chi connectivity index (χ3v) is 10.3. The van der Waals surface area contributed by atoms with Crippen LogP contribution in [0.2, 0.25) is 0 Å². The summed E-state index contributed by atoms with van der Waals surface area (Å²) in [5.41, 5.74) is 3.61. The highest BCUT2D eigenvalue weighted by Gasteiger charge is 2.45. The van der Waals surface area contributed by atoms with Crippen molar-refractivity contribution in [3.8, 4) is 34.0 Å². The lowest BCUT2D eigenvalue weighted by Gasteiger charge is -2.33. The number of carbonyl (C=O) groups is 2. The number of carboxylic acid groups (broad SMARTS) is 1. The van der Waals surface area contributed by atoms with E-state index in [2.05, 4.69) is 19.9 Å². The van der Waals surface area contributed by atoms with Gasteiger partial charge in [0.1, 0.15) is 40.1 Å². The molecule has 0 radical (unpaired) electrons. The van der Waals surface area contributed by atoms with Gasteiger partial charge >= 0.3 is 5.97 Å². The van der Waals surface area contributed by atoms with Gasteiger partial charge in [0.25, 0.3) is 5.91 Å². The molecule has 2 aromatic heterocycles. The quantitative estimate of drug-likeness (QED) is 0.187. The Bertz CT molecular complexity index is 1860. The summed E-state index contributed by atoms with van der Waals surface area (Å²) >= 11 is 1.51. The van der Waals surface area contributed by atoms with Crippen molar-refractivity contribution in [2.75, 3.05) is 13.7 Å². The second-order valence-electron chi connectivity index (χ2n) is 12.9. The van der Waals surface area contributed by atoms with E-state index in [1.807, 2.05) is 30.5 Å². The van der Waals surface area contributed by atoms with Crippen molar-refractivity contribution in [1.29, 1.82) is 5.26 Å². The van der Waals surface area contributed by atoms with Gasteiger partial charge in [-0.25, -0.2) is 14.8 Å². The number of aliphatic carboxylic acids is 1. The zero-order valence-electron chi connectivity index (χ0n) is 27.6. The van der Waals surface area contributed by atoms with Crippen molar-refractivity contribution in [2.45, 2.75) is 83.5 Å². The minimum atomic E-state index is -1.09. The number of benzene rings is 2. The minimum Gasteiger partial charge on any atom is -0.496 e. The number of carbonyl (C=O) groups excluding carboxylic acids is 1. The molecule has 2 aromatic carbocycles. The van der Waals surface area contributed by atoms with E-state index >= 15 is 0 Å². The predicted octanol–water partition coefficient (Wildman–Crippen LogP) is 7.13. The molecule has 4 aromatic rings. The number of rotatable bonds is 10. The van der Waals surface area contributed by atoms with E-state index in [1.54, 1.807) is 31.4 Å². The van der Waals surface area contributed by atoms with Crippen LogP contribution in [0, 0.1) is 24.2 Å². The summed E-state index contributed by atoms with van der Waals surface area (Å²) in [6, 6.07) is 13.4. The normalized spacial score (nSPS) is 18.9. The van der Waals surface area contributed by atoms with E-state index in [-0.39, 0.29) is 30.7 Å². The number of carboxylic acids is 1. The SMILES string of the molecule is COc1ccc2c(O[C@@H]3C[C@H](C(=O)O)N(C(=O)[C@@H](Oc4cccc(C#N)c4)C4CCCCC4)C3)cc(-c3nc(C(C)C)cs3)nc2c1C. The zero-order valence-corrected chi connectivity index (χ0v) is 28.5. The molecule has 3 heterocycles. The zero-order chi connectivity index (χ0) is 33.9. The van der Waals surface area contributed by atoms with Crippen LogP contribution in [0.25, 0.3) is 21.6 Å². The second-order valence-corrected chi connectivity index (χ2v) is 13.8. The number of ether oxygens (including phenoxy) is 3. The molecule has 6 rings (SSSR count). The van der Waals surface area contributed by atoms with Gasteiger partial charge in [0.05, 0.1) is 36.5 Å². The van der Waals surface area contributed by atoms with E-state index in [0.717, 1.165) is 53.8 Å². The Kier molecular flexibility index (Phi) is 9.83. The summed E-state index contributed by atoms with van der Waals surface area (Å²) in [6.45, 7) is 6.21. The topological polar surface area (TPSA) is 135 Å². The molecule has 1 saturated carbocycles. The molecule has 1 aliphatic heterocycles. The minimum absolute atomic E-state index is 0.0647. The van der Waals surface area contributed by atoms with Crippen molar-refractivity contribution in [1.82, 2.24) is 14.9 Å². The van der Waals surface area contributed by atoms with E-state index < -0.39 is 24.2 Å². The van der Waals surface area contributed by atoms with Gasteiger partial charge < -0.3 is 24.2 Å². The summed E-state index contributed by atoms with van der Waals surface area (Å²) in [6.07, 6.45) is 3.31. The van der Waals surface area contributed by atoms with Crippen LogP contribution in [-0.2, 0) is 9.59 Å². The monoisotopic (exact) mass is 668 g/mol. The largest absolute Gasteiger partial charge is 0.496 e. The molecular formula is C37H40N4O6S. The van der Waals surface area contributed by atoms with Gasteiger partial charge in [-0.1, -0.05) is 39.2 Å². The average Bonchev–Trinajstić information content (AvgIpc) is 3.76. The standard InChI is InChI=1S/C37H40N4O6S/c1-21(2)29-20-48-35(40-29)28-17-32(27-13-14-31(45-4)22(3)33(27)39-28)46-26-16-30(37(43)44)41(19-26)36(42)34(24-10-6-5-7-11-24)47-25-12-8-9-23(15-25)18-38/h8-9,12-15,17,20-21,24,26,30,34H,5-7,10-11,16,19H2,1-4H3,(H,43,44)/t26-,30-,34+/m1/s1. The van der Waals surface area contributed by atoms with Gasteiger partial charge in [-0.2, -0.15) is 5.26 Å². The number of amides is 1. The maximum atomic E-state index is 14.3. The second kappa shape index (κ2) is 14.2. The first-order chi connectivity index (χ1) is 23.2. The molecule has 11 heteroatoms. The fourth-order valence-electron chi connectivity index (χ4n) is 6.75. The fourth-order valence-corrected chi connectivity index (χ4v) is 7.69. The lowest BCUT2D eigenvalue weighted by Crippen LogP contribution is -2.50. The summed E-state index contributed by atoms with van der Waals surface area (Å²) < 4.78 is 18.5. The molecular weight excluding hydrogens is 628 g/mol. The Hall–Kier alpha value is -4.69. The van der Waals surface area contributed by atoms with Crippen LogP contribution < -0.4 is 14.2 Å². The van der Waals surface area contributed by atoms with Crippen molar-refractivity contribution < 1.29 is 28.9 Å². The molecule has 1 N–H and O–H groups in total. The summed E-state index contributed by atoms with van der Waals surface area (Å²) in [4.78, 5) is 38.1. The molecule has 48 heavy (non-hydrogen) atoms. The Morgan fingerprint density at radius 1 is 1.08 bits per heavy atom. The van der Waals surface area contributed by atoms with Crippen LogP contribution >= 0.6 is 11.3 Å². The molecule has 0 unspecified atom stereocenters. The van der Waals surface area contributed by atoms with Gasteiger partial charge in [0.2, 0.25) is 0 Å². The van der Waals surface area contributed by atoms with Crippen LogP contribution in [-0.4, -0.2) is 63.8 Å². The number of thiazole rings is 1. The molecule has 1 amide bonds. The van der Waals surface area contributed by atoms with E-state index in [0.29, 0.717) is 34.0 Å². The number of hydrogen-bond donors (Lipinski definition) is 1. The summed E-state index contributed by atoms with van der Waals surface area (Å²) in [5.74, 6) is 0.392. The van der Waals surface area contributed by atoms with Gasteiger partial charge in [0.15, 0.2) is 6.10 Å². The summed E-state index contributed by atoms with van der Waals surface area (Å²) in [5, 5.41) is 23.3. The molecule has 250 valence electrons. The van der Waals surface area contributed by atoms with E-state index in [9.17, 15) is 20.0 Å². The van der Waals surface area contributed by atoms with Gasteiger partial charge in [-0.15, -0.1) is 11.3 Å². The average molecular weight is 669 g/mol. The number of nitriles is 1. The maximum Gasteiger partial charge on any atom is 0.326 e. The molecule has 0 bridgehead atoms. The number of pyridine rings is 1. The number of fused-ring (bicyclic) bond motifs is 1. The molecule has 2 fully saturated rings. The number of hydrogen-bond acceptors (Lipinski definition) is 9. The lowest BCUT2D eigenvalue weighted by atomic mass is 9.84. The molecule has 1 saturated heterocycles. The molecule has 3 atom stereocenters. The lowest BCUT2D eigenvalue weighted by molar-refractivity contribution is -0.153. The Morgan fingerprint density at radius 3 is 2.56 bits per heavy atom. The Labute approximate surface area is 284 Å². The molecule has 0 spiro atoms. The number of nitrogens with zero attached hydrogens (tertiary/aromatic N) is 4. The third kappa shape index (κ3) is 6.81. The fraction of sp³-hybridized carbons (Fsp3) is 0.432. The van der Waals surface area contributed by atoms with Gasteiger partial charge in [0, 0.05) is 34.7 Å². The first-order valence-corrected chi connectivity index (χ1v) is 17.4. The van der Waals surface area contributed by atoms with Crippen molar-refractivity contribution >= 4 is 34.1 Å². The van der Waals surface area contributed by atoms with Crippen LogP contribution in [0.15, 0.2) is 47.8 Å². The van der Waals surface area contributed by atoms with Gasteiger partial charge in [-0.3, -0.25) is 4.79 Å². The summed E-state index contributed by atoms with van der Waals surface area (Å²) in [7, 11) is 1.62. The first-order valence-electron chi connectivity index (χ1n) is 16.5. The first kappa shape index (κ1) is 33.2. The van der Waals surface area contributed by atoms with Crippen molar-refractivity contribution in [2.24, 2.45) is 5.92 Å². The number of methoxy groups -OCH3 is 1. The maximum absolute atomic E-state index is 14.3. The smallest absolute Gasteiger partial charge is 0.326 e. The van der Waals surface area contributed by atoms with E-state index in [4.69, 9.17) is 24.2 Å². The Morgan fingerprint density at radius 2 is 1.88 bits per heavy atom. The number of likely N-dealkylation sites (tertiary alicyclic amines) is 1. The predicted molar refractivity (Wildman–Crippen MR) is 183 cm³/mol. The number of aromatic nitrogens is 2. The van der Waals surface area contributed by atoms with Crippen LogP contribution in [0.3, 0.4) is 0 Å². The van der Waals surface area contributed by atoms with Crippen LogP contribution in [0.5, 0.6) is 17.2 Å². The number of aryl methyl sites for hydroxylation is 1.